The summed E-state index contributed by atoms with van der Waals surface area (Å²) in [5.41, 5.74) is -0.348. The van der Waals surface area contributed by atoms with Crippen molar-refractivity contribution >= 4 is 21.6 Å². The lowest BCUT2D eigenvalue weighted by Crippen LogP contribution is -2.52. The molecule has 1 N–H and O–H groups in total. The smallest absolute Gasteiger partial charge is 0.272 e. The Bertz CT molecular complexity index is 1160. The van der Waals surface area contributed by atoms with Gasteiger partial charge in [-0.2, -0.15) is 4.31 Å². The summed E-state index contributed by atoms with van der Waals surface area (Å²) in [6, 6.07) is 10.3. The van der Waals surface area contributed by atoms with Crippen LogP contribution in [0.15, 0.2) is 52.4 Å². The fourth-order valence-electron chi connectivity index (χ4n) is 3.85. The second-order valence-corrected chi connectivity index (χ2v) is 9.28. The molecule has 0 atom stereocenters. The maximum atomic E-state index is 13.6. The van der Waals surface area contributed by atoms with Gasteiger partial charge in [0.15, 0.2) is 0 Å². The zero-order valence-corrected chi connectivity index (χ0v) is 17.9. The number of nitrogens with one attached hydrogen (secondary N) is 1. The van der Waals surface area contributed by atoms with Gasteiger partial charge in [0.1, 0.15) is 33.6 Å². The third-order valence-electron chi connectivity index (χ3n) is 5.52. The van der Waals surface area contributed by atoms with Gasteiger partial charge in [0.05, 0.1) is 14.2 Å². The average molecular weight is 447 g/mol. The van der Waals surface area contributed by atoms with Crippen LogP contribution >= 0.6 is 0 Å². The molecule has 10 heteroatoms. The molecule has 2 heterocycles. The number of carbonyl (C=O) groups excluding carboxylic acids is 1. The second-order valence-electron chi connectivity index (χ2n) is 7.38. The van der Waals surface area contributed by atoms with E-state index in [1.165, 1.54) is 42.8 Å². The number of ether oxygens (including phenoxy) is 2. The number of amides is 1. The van der Waals surface area contributed by atoms with E-state index in [-0.39, 0.29) is 29.4 Å². The van der Waals surface area contributed by atoms with Gasteiger partial charge >= 0.3 is 0 Å². The molecule has 1 spiro atoms. The first-order chi connectivity index (χ1) is 14.8. The van der Waals surface area contributed by atoms with E-state index in [1.54, 1.807) is 18.2 Å². The number of carbonyl (C=O) groups is 1. The first kappa shape index (κ1) is 21.3. The van der Waals surface area contributed by atoms with Crippen LogP contribution in [0.2, 0.25) is 0 Å². The Morgan fingerprint density at radius 3 is 2.48 bits per heavy atom. The number of aliphatic imine (C=N–C) groups is 1. The van der Waals surface area contributed by atoms with Gasteiger partial charge in [-0.25, -0.2) is 12.8 Å². The maximum absolute atomic E-state index is 13.6. The Balaban J connectivity index is 1.57. The molecule has 0 saturated carbocycles. The quantitative estimate of drug-likeness (QED) is 0.756. The molecular formula is C21H22FN3O5S. The molecule has 2 aromatic carbocycles. The van der Waals surface area contributed by atoms with Crippen molar-refractivity contribution in [2.75, 3.05) is 27.3 Å². The van der Waals surface area contributed by atoms with Crippen LogP contribution in [-0.4, -0.2) is 57.3 Å². The van der Waals surface area contributed by atoms with Gasteiger partial charge in [-0.05, 0) is 24.3 Å². The molecule has 4 rings (SSSR count). The molecule has 0 bridgehead atoms. The van der Waals surface area contributed by atoms with Gasteiger partial charge in [0.2, 0.25) is 10.0 Å². The van der Waals surface area contributed by atoms with Crippen LogP contribution < -0.4 is 14.8 Å². The van der Waals surface area contributed by atoms with Crippen molar-refractivity contribution in [3.05, 3.63) is 53.8 Å². The fraction of sp³-hybridized carbons (Fsp3) is 0.333. The van der Waals surface area contributed by atoms with Gasteiger partial charge in [0.25, 0.3) is 5.91 Å². The minimum atomic E-state index is -3.85. The summed E-state index contributed by atoms with van der Waals surface area (Å²) in [6.45, 7) is 0.311. The molecule has 31 heavy (non-hydrogen) atoms. The summed E-state index contributed by atoms with van der Waals surface area (Å²) in [5.74, 6) is -0.222. The molecule has 0 radical (unpaired) electrons. The topological polar surface area (TPSA) is 97.3 Å². The van der Waals surface area contributed by atoms with Crippen molar-refractivity contribution in [3.63, 3.8) is 0 Å². The van der Waals surface area contributed by atoms with E-state index >= 15 is 0 Å². The van der Waals surface area contributed by atoms with Gasteiger partial charge in [-0.1, -0.05) is 12.1 Å². The molecule has 8 nitrogen and oxygen atoms in total. The second kappa shape index (κ2) is 7.93. The van der Waals surface area contributed by atoms with E-state index in [0.717, 1.165) is 0 Å². The Morgan fingerprint density at radius 2 is 1.84 bits per heavy atom. The lowest BCUT2D eigenvalue weighted by atomic mass is 10.00. The fourth-order valence-corrected chi connectivity index (χ4v) is 5.46. The van der Waals surface area contributed by atoms with E-state index < -0.39 is 27.4 Å². The van der Waals surface area contributed by atoms with Crippen LogP contribution in [-0.2, 0) is 14.8 Å². The summed E-state index contributed by atoms with van der Waals surface area (Å²) in [4.78, 5) is 17.0. The van der Waals surface area contributed by atoms with Crippen LogP contribution in [0.4, 0.5) is 4.39 Å². The van der Waals surface area contributed by atoms with E-state index in [0.29, 0.717) is 24.2 Å². The molecule has 2 aromatic rings. The van der Waals surface area contributed by atoms with Crippen LogP contribution in [0, 0.1) is 5.82 Å². The number of methoxy groups -OCH3 is 2. The molecule has 1 saturated heterocycles. The molecular weight excluding hydrogens is 425 g/mol. The summed E-state index contributed by atoms with van der Waals surface area (Å²) in [5, 5.41) is 2.86. The van der Waals surface area contributed by atoms with Crippen LogP contribution in [0.25, 0.3) is 0 Å². The summed E-state index contributed by atoms with van der Waals surface area (Å²) in [6.07, 6.45) is 0.589. The molecule has 0 aliphatic carbocycles. The Morgan fingerprint density at radius 1 is 1.10 bits per heavy atom. The van der Waals surface area contributed by atoms with Crippen LogP contribution in [0.1, 0.15) is 18.4 Å². The monoisotopic (exact) mass is 447 g/mol. The normalized spacial score (nSPS) is 18.5. The minimum absolute atomic E-state index is 0.0182. The first-order valence-electron chi connectivity index (χ1n) is 9.68. The molecule has 0 unspecified atom stereocenters. The highest BCUT2D eigenvalue weighted by Gasteiger charge is 2.44. The number of sulfonamides is 1. The highest BCUT2D eigenvalue weighted by molar-refractivity contribution is 7.89. The summed E-state index contributed by atoms with van der Waals surface area (Å²) in [7, 11) is -0.987. The number of piperidine rings is 1. The van der Waals surface area contributed by atoms with Crippen molar-refractivity contribution in [2.24, 2.45) is 4.99 Å². The summed E-state index contributed by atoms with van der Waals surface area (Å²) < 4.78 is 51.8. The number of hydrogen-bond donors (Lipinski definition) is 1. The van der Waals surface area contributed by atoms with Gasteiger partial charge in [0, 0.05) is 37.6 Å². The number of hydrogen-bond acceptors (Lipinski definition) is 6. The zero-order valence-electron chi connectivity index (χ0n) is 17.1. The van der Waals surface area contributed by atoms with Crippen LogP contribution in [0.3, 0.4) is 0 Å². The van der Waals surface area contributed by atoms with Gasteiger partial charge < -0.3 is 14.8 Å². The van der Waals surface area contributed by atoms with Crippen molar-refractivity contribution < 1.29 is 27.1 Å². The number of rotatable bonds is 5. The molecule has 2 aliphatic heterocycles. The predicted octanol–water partition coefficient (Wildman–Crippen LogP) is 1.94. The third-order valence-corrected chi connectivity index (χ3v) is 7.44. The largest absolute Gasteiger partial charge is 0.497 e. The maximum Gasteiger partial charge on any atom is 0.272 e. The number of nitrogens with zero attached hydrogens (tertiary/aromatic N) is 2. The first-order valence-corrected chi connectivity index (χ1v) is 11.1. The number of halogens is 1. The highest BCUT2D eigenvalue weighted by Crippen LogP contribution is 2.35. The molecule has 1 amide bonds. The predicted molar refractivity (Wildman–Crippen MR) is 111 cm³/mol. The molecule has 0 aromatic heterocycles. The lowest BCUT2D eigenvalue weighted by molar-refractivity contribution is -0.115. The number of benzene rings is 2. The minimum Gasteiger partial charge on any atom is -0.497 e. The standard InChI is InChI=1S/C21H22FN3O5S/c1-29-16-6-7-17(30-2)18(13-16)31(27,28)25-10-8-21(9-11-25)23-19(20(26)24-21)14-4-3-5-15(22)12-14/h3-7,12-13H,8-11H2,1-2H3,(H,24,26). The molecule has 2 aliphatic rings. The Labute approximate surface area is 179 Å². The molecule has 1 fully saturated rings. The Hall–Kier alpha value is -2.98. The van der Waals surface area contributed by atoms with Crippen molar-refractivity contribution in [1.82, 2.24) is 9.62 Å². The lowest BCUT2D eigenvalue weighted by Gasteiger charge is -2.36. The van der Waals surface area contributed by atoms with Gasteiger partial charge in [-0.15, -0.1) is 0 Å². The average Bonchev–Trinajstić information content (AvgIpc) is 3.09. The van der Waals surface area contributed by atoms with E-state index in [2.05, 4.69) is 10.3 Å². The molecule has 164 valence electrons. The van der Waals surface area contributed by atoms with E-state index in [1.807, 2.05) is 0 Å². The Kier molecular flexibility index (Phi) is 5.44. The van der Waals surface area contributed by atoms with Gasteiger partial charge in [-0.3, -0.25) is 9.79 Å². The van der Waals surface area contributed by atoms with E-state index in [9.17, 15) is 17.6 Å². The zero-order chi connectivity index (χ0) is 22.2. The van der Waals surface area contributed by atoms with Crippen molar-refractivity contribution in [1.29, 1.82) is 0 Å². The van der Waals surface area contributed by atoms with Crippen molar-refractivity contribution in [3.8, 4) is 11.5 Å². The SMILES string of the molecule is COc1ccc(OC)c(S(=O)(=O)N2CCC3(CC2)N=C(c2cccc(F)c2)C(=O)N3)c1. The van der Waals surface area contributed by atoms with Crippen molar-refractivity contribution in [2.45, 2.75) is 23.4 Å². The highest BCUT2D eigenvalue weighted by atomic mass is 32.2. The van der Waals surface area contributed by atoms with E-state index in [4.69, 9.17) is 9.47 Å². The third kappa shape index (κ3) is 3.88. The summed E-state index contributed by atoms with van der Waals surface area (Å²) >= 11 is 0. The van der Waals surface area contributed by atoms with Crippen LogP contribution in [0.5, 0.6) is 11.5 Å².